The van der Waals surface area contributed by atoms with Crippen LogP contribution in [-0.2, 0) is 9.59 Å². The van der Waals surface area contributed by atoms with Crippen molar-refractivity contribution in [1.29, 1.82) is 0 Å². The highest BCUT2D eigenvalue weighted by Gasteiger charge is 2.47. The fraction of sp³-hybridized carbons (Fsp3) is 0.500. The zero-order valence-electron chi connectivity index (χ0n) is 14.6. The standard InChI is InChI=1S/C20H26ClNO3/c1-3-4-13-20(19(24)25,22-14(2)23)17-9-5-15(6-10-17)16-7-11-18(21)12-8-16/h3,7-8,11-12,15,17H,1,4-6,9-10,13H2,2H3,(H,22,23)(H,24,25). The lowest BCUT2D eigenvalue weighted by molar-refractivity contribution is -0.151. The van der Waals surface area contributed by atoms with Crippen LogP contribution in [0.15, 0.2) is 36.9 Å². The van der Waals surface area contributed by atoms with Crippen molar-refractivity contribution in [3.05, 3.63) is 47.5 Å². The second-order valence-corrected chi connectivity index (χ2v) is 7.32. The lowest BCUT2D eigenvalue weighted by atomic mass is 9.68. The topological polar surface area (TPSA) is 66.4 Å². The zero-order valence-corrected chi connectivity index (χ0v) is 15.4. The lowest BCUT2D eigenvalue weighted by Crippen LogP contribution is -2.59. The molecule has 1 aliphatic carbocycles. The Kier molecular flexibility index (Phi) is 6.65. The van der Waals surface area contributed by atoms with Gasteiger partial charge < -0.3 is 10.4 Å². The Morgan fingerprint density at radius 1 is 1.28 bits per heavy atom. The Bertz CT molecular complexity index is 620. The van der Waals surface area contributed by atoms with Gasteiger partial charge in [0.2, 0.25) is 5.91 Å². The first-order valence-electron chi connectivity index (χ1n) is 8.77. The van der Waals surface area contributed by atoms with Crippen LogP contribution in [0.4, 0.5) is 0 Å². The molecule has 25 heavy (non-hydrogen) atoms. The fourth-order valence-corrected chi connectivity index (χ4v) is 4.13. The van der Waals surface area contributed by atoms with Gasteiger partial charge in [-0.1, -0.05) is 29.8 Å². The maximum Gasteiger partial charge on any atom is 0.329 e. The maximum atomic E-state index is 12.1. The number of benzene rings is 1. The van der Waals surface area contributed by atoms with Crippen LogP contribution in [0.25, 0.3) is 0 Å². The molecule has 0 heterocycles. The molecule has 0 spiro atoms. The molecule has 1 fully saturated rings. The maximum absolute atomic E-state index is 12.1. The predicted octanol–water partition coefficient (Wildman–Crippen LogP) is 4.54. The number of hydrogen-bond acceptors (Lipinski definition) is 2. The third-order valence-corrected chi connectivity index (χ3v) is 5.54. The summed E-state index contributed by atoms with van der Waals surface area (Å²) < 4.78 is 0. The number of rotatable bonds is 7. The number of amides is 1. The van der Waals surface area contributed by atoms with E-state index in [9.17, 15) is 14.7 Å². The van der Waals surface area contributed by atoms with Gasteiger partial charge in [-0.25, -0.2) is 4.79 Å². The van der Waals surface area contributed by atoms with Crippen molar-refractivity contribution in [3.8, 4) is 0 Å². The Hall–Kier alpha value is -1.81. The average Bonchev–Trinajstić information content (AvgIpc) is 2.59. The molecule has 2 N–H and O–H groups in total. The minimum atomic E-state index is -1.20. The van der Waals surface area contributed by atoms with E-state index in [0.29, 0.717) is 18.8 Å². The number of allylic oxidation sites excluding steroid dienone is 1. The molecule has 136 valence electrons. The van der Waals surface area contributed by atoms with Crippen LogP contribution in [-0.4, -0.2) is 22.5 Å². The summed E-state index contributed by atoms with van der Waals surface area (Å²) in [7, 11) is 0. The van der Waals surface area contributed by atoms with E-state index >= 15 is 0 Å². The smallest absolute Gasteiger partial charge is 0.329 e. The number of carboxylic acids is 1. The van der Waals surface area contributed by atoms with Gasteiger partial charge in [0.25, 0.3) is 0 Å². The van der Waals surface area contributed by atoms with Crippen LogP contribution in [0.2, 0.25) is 5.02 Å². The summed E-state index contributed by atoms with van der Waals surface area (Å²) in [6.07, 6.45) is 6.02. The van der Waals surface area contributed by atoms with Gasteiger partial charge in [-0.05, 0) is 68.1 Å². The lowest BCUT2D eigenvalue weighted by Gasteiger charge is -2.41. The largest absolute Gasteiger partial charge is 0.479 e. The van der Waals surface area contributed by atoms with Crippen LogP contribution < -0.4 is 5.32 Å². The molecule has 1 atom stereocenters. The number of aliphatic carboxylic acids is 1. The van der Waals surface area contributed by atoms with Gasteiger partial charge >= 0.3 is 5.97 Å². The molecule has 0 aromatic heterocycles. The second-order valence-electron chi connectivity index (χ2n) is 6.89. The van der Waals surface area contributed by atoms with Crippen molar-refractivity contribution in [3.63, 3.8) is 0 Å². The third-order valence-electron chi connectivity index (χ3n) is 5.29. The molecule has 0 saturated heterocycles. The van der Waals surface area contributed by atoms with Gasteiger partial charge in [-0.15, -0.1) is 6.58 Å². The highest BCUT2D eigenvalue weighted by Crippen LogP contribution is 2.42. The van der Waals surface area contributed by atoms with Gasteiger partial charge in [0.15, 0.2) is 0 Å². The number of carbonyl (C=O) groups excluding carboxylic acids is 1. The fourth-order valence-electron chi connectivity index (χ4n) is 4.00. The van der Waals surface area contributed by atoms with Gasteiger partial charge in [0, 0.05) is 11.9 Å². The summed E-state index contributed by atoms with van der Waals surface area (Å²) in [5, 5.41) is 13.4. The predicted molar refractivity (Wildman–Crippen MR) is 99.8 cm³/mol. The summed E-state index contributed by atoms with van der Waals surface area (Å²) in [5.74, 6) is -0.903. The Morgan fingerprint density at radius 3 is 2.36 bits per heavy atom. The molecule has 1 amide bonds. The zero-order chi connectivity index (χ0) is 18.4. The third kappa shape index (κ3) is 4.63. The first-order chi connectivity index (χ1) is 11.9. The monoisotopic (exact) mass is 363 g/mol. The Balaban J connectivity index is 2.14. The molecule has 2 rings (SSSR count). The number of carbonyl (C=O) groups is 2. The van der Waals surface area contributed by atoms with E-state index in [2.05, 4.69) is 11.9 Å². The number of hydrogen-bond donors (Lipinski definition) is 2. The molecule has 0 aliphatic heterocycles. The molecule has 4 nitrogen and oxygen atoms in total. The molecule has 1 aliphatic rings. The summed E-state index contributed by atoms with van der Waals surface area (Å²) >= 11 is 5.95. The molecule has 0 bridgehead atoms. The van der Waals surface area contributed by atoms with E-state index in [1.54, 1.807) is 6.08 Å². The molecular formula is C20H26ClNO3. The van der Waals surface area contributed by atoms with Crippen LogP contribution >= 0.6 is 11.6 Å². The van der Waals surface area contributed by atoms with Crippen molar-refractivity contribution >= 4 is 23.5 Å². The quantitative estimate of drug-likeness (QED) is 0.699. The van der Waals surface area contributed by atoms with E-state index in [1.807, 2.05) is 24.3 Å². The average molecular weight is 364 g/mol. The molecule has 1 saturated carbocycles. The Morgan fingerprint density at radius 2 is 1.88 bits per heavy atom. The number of carboxylic acid groups (broad SMARTS) is 1. The molecule has 1 unspecified atom stereocenters. The first kappa shape index (κ1) is 19.5. The molecule has 0 radical (unpaired) electrons. The number of halogens is 1. The highest BCUT2D eigenvalue weighted by atomic mass is 35.5. The van der Waals surface area contributed by atoms with Crippen LogP contribution in [0.3, 0.4) is 0 Å². The van der Waals surface area contributed by atoms with E-state index in [0.717, 1.165) is 30.7 Å². The van der Waals surface area contributed by atoms with Gasteiger partial charge in [0.1, 0.15) is 5.54 Å². The Labute approximate surface area is 154 Å². The van der Waals surface area contributed by atoms with Crippen molar-refractivity contribution in [2.24, 2.45) is 5.92 Å². The molecule has 1 aromatic carbocycles. The van der Waals surface area contributed by atoms with Crippen LogP contribution in [0.5, 0.6) is 0 Å². The normalized spacial score (nSPS) is 22.6. The molecule has 5 heteroatoms. The van der Waals surface area contributed by atoms with Crippen molar-refractivity contribution in [1.82, 2.24) is 5.32 Å². The van der Waals surface area contributed by atoms with Crippen molar-refractivity contribution < 1.29 is 14.7 Å². The minimum absolute atomic E-state index is 0.0719. The minimum Gasteiger partial charge on any atom is -0.479 e. The van der Waals surface area contributed by atoms with Crippen molar-refractivity contribution in [2.75, 3.05) is 0 Å². The van der Waals surface area contributed by atoms with Gasteiger partial charge in [0.05, 0.1) is 0 Å². The first-order valence-corrected chi connectivity index (χ1v) is 9.15. The van der Waals surface area contributed by atoms with Gasteiger partial charge in [-0.3, -0.25) is 4.79 Å². The van der Waals surface area contributed by atoms with Crippen LogP contribution in [0, 0.1) is 5.92 Å². The second kappa shape index (κ2) is 8.52. The van der Waals surface area contributed by atoms with Gasteiger partial charge in [-0.2, -0.15) is 0 Å². The van der Waals surface area contributed by atoms with Crippen molar-refractivity contribution in [2.45, 2.75) is 56.9 Å². The summed E-state index contributed by atoms with van der Waals surface area (Å²) in [4.78, 5) is 23.8. The van der Waals surface area contributed by atoms with Crippen LogP contribution in [0.1, 0.15) is 56.9 Å². The summed E-state index contributed by atoms with van der Waals surface area (Å²) in [6.45, 7) is 5.07. The molecule has 1 aromatic rings. The van der Waals surface area contributed by atoms with E-state index in [-0.39, 0.29) is 11.8 Å². The van der Waals surface area contributed by atoms with E-state index in [1.165, 1.54) is 12.5 Å². The SMILES string of the molecule is C=CCCC(NC(C)=O)(C(=O)O)C1CCC(c2ccc(Cl)cc2)CC1. The van der Waals surface area contributed by atoms with E-state index in [4.69, 9.17) is 11.6 Å². The summed E-state index contributed by atoms with van der Waals surface area (Å²) in [5.41, 5.74) is 0.0414. The number of nitrogens with one attached hydrogen (secondary N) is 1. The molecular weight excluding hydrogens is 338 g/mol. The van der Waals surface area contributed by atoms with E-state index < -0.39 is 11.5 Å². The highest BCUT2D eigenvalue weighted by molar-refractivity contribution is 6.30. The summed E-state index contributed by atoms with van der Waals surface area (Å²) in [6, 6.07) is 7.88.